The van der Waals surface area contributed by atoms with Gasteiger partial charge in [-0.15, -0.1) is 0 Å². The van der Waals surface area contributed by atoms with Crippen molar-refractivity contribution in [2.24, 2.45) is 0 Å². The van der Waals surface area contributed by atoms with Crippen LogP contribution in [0.25, 0.3) is 21.9 Å². The molecular weight excluding hydrogens is 260 g/mol. The van der Waals surface area contributed by atoms with Crippen molar-refractivity contribution in [1.82, 2.24) is 0 Å². The smallest absolute Gasteiger partial charge is 0.119 e. The van der Waals surface area contributed by atoms with Gasteiger partial charge in [0.2, 0.25) is 0 Å². The number of fused-ring (bicyclic) bond motifs is 1. The summed E-state index contributed by atoms with van der Waals surface area (Å²) in [5.74, 6) is 0.880. The second-order valence-corrected chi connectivity index (χ2v) is 5.34. The molecule has 1 aliphatic heterocycles. The van der Waals surface area contributed by atoms with Crippen LogP contribution in [0.5, 0.6) is 5.75 Å². The third-order valence-electron chi connectivity index (χ3n) is 4.00. The minimum atomic E-state index is 0.210. The van der Waals surface area contributed by atoms with Crippen LogP contribution in [0, 0.1) is 0 Å². The molecule has 1 fully saturated rings. The first-order valence-corrected chi connectivity index (χ1v) is 7.14. The average molecular weight is 276 g/mol. The second-order valence-electron chi connectivity index (χ2n) is 5.34. The van der Waals surface area contributed by atoms with E-state index >= 15 is 0 Å². The van der Waals surface area contributed by atoms with Crippen molar-refractivity contribution in [2.75, 3.05) is 13.7 Å². The van der Waals surface area contributed by atoms with Crippen LogP contribution in [0.3, 0.4) is 0 Å². The predicted octanol–water partition coefficient (Wildman–Crippen LogP) is 4.59. The Labute approximate surface area is 123 Å². The number of rotatable bonds is 3. The van der Waals surface area contributed by atoms with Crippen LogP contribution >= 0.6 is 0 Å². The summed E-state index contributed by atoms with van der Waals surface area (Å²) in [5.41, 5.74) is 3.66. The van der Waals surface area contributed by atoms with Gasteiger partial charge in [-0.05, 0) is 45.7 Å². The molecule has 3 aromatic rings. The second kappa shape index (κ2) is 4.90. The Morgan fingerprint density at radius 1 is 0.952 bits per heavy atom. The first kappa shape index (κ1) is 12.4. The van der Waals surface area contributed by atoms with E-state index in [1.807, 2.05) is 6.07 Å². The van der Waals surface area contributed by atoms with Crippen LogP contribution in [0.2, 0.25) is 0 Å². The van der Waals surface area contributed by atoms with Gasteiger partial charge in [0.05, 0.1) is 13.7 Å². The summed E-state index contributed by atoms with van der Waals surface area (Å²) >= 11 is 0. The Balaban J connectivity index is 1.87. The number of benzene rings is 3. The molecule has 0 saturated carbocycles. The van der Waals surface area contributed by atoms with Crippen molar-refractivity contribution in [3.63, 3.8) is 0 Å². The van der Waals surface area contributed by atoms with Gasteiger partial charge in [0.15, 0.2) is 0 Å². The Kier molecular flexibility index (Phi) is 2.90. The van der Waals surface area contributed by atoms with Gasteiger partial charge in [-0.2, -0.15) is 0 Å². The van der Waals surface area contributed by atoms with Crippen molar-refractivity contribution >= 4 is 10.8 Å². The maximum Gasteiger partial charge on any atom is 0.119 e. The lowest BCUT2D eigenvalue weighted by molar-refractivity contribution is 0.405. The van der Waals surface area contributed by atoms with Crippen molar-refractivity contribution in [2.45, 2.75) is 6.10 Å². The van der Waals surface area contributed by atoms with Crippen molar-refractivity contribution in [1.29, 1.82) is 0 Å². The summed E-state index contributed by atoms with van der Waals surface area (Å²) in [6.07, 6.45) is 0.210. The molecule has 0 amide bonds. The third kappa shape index (κ3) is 2.28. The molecule has 1 unspecified atom stereocenters. The number of ether oxygens (including phenoxy) is 2. The van der Waals surface area contributed by atoms with E-state index in [0.717, 1.165) is 12.4 Å². The molecular formula is C19H16O2. The molecule has 21 heavy (non-hydrogen) atoms. The zero-order valence-electron chi connectivity index (χ0n) is 11.9. The number of hydrogen-bond donors (Lipinski definition) is 0. The van der Waals surface area contributed by atoms with E-state index in [1.165, 1.54) is 27.5 Å². The van der Waals surface area contributed by atoms with Crippen molar-refractivity contribution in [3.8, 4) is 16.9 Å². The minimum absolute atomic E-state index is 0.210. The van der Waals surface area contributed by atoms with Gasteiger partial charge in [-0.1, -0.05) is 42.5 Å². The summed E-state index contributed by atoms with van der Waals surface area (Å²) in [4.78, 5) is 0. The van der Waals surface area contributed by atoms with Crippen molar-refractivity contribution < 1.29 is 9.47 Å². The van der Waals surface area contributed by atoms with Crippen LogP contribution in [0.4, 0.5) is 0 Å². The topological polar surface area (TPSA) is 21.8 Å². The van der Waals surface area contributed by atoms with Gasteiger partial charge in [0.1, 0.15) is 11.9 Å². The first-order valence-electron chi connectivity index (χ1n) is 7.14. The van der Waals surface area contributed by atoms with Crippen LogP contribution in [0.1, 0.15) is 11.7 Å². The summed E-state index contributed by atoms with van der Waals surface area (Å²) in [6.45, 7) is 0.799. The van der Waals surface area contributed by atoms with Crippen LogP contribution in [-0.2, 0) is 4.74 Å². The highest BCUT2D eigenvalue weighted by Crippen LogP contribution is 2.39. The van der Waals surface area contributed by atoms with E-state index in [9.17, 15) is 0 Å². The summed E-state index contributed by atoms with van der Waals surface area (Å²) in [7, 11) is 1.70. The van der Waals surface area contributed by atoms with E-state index < -0.39 is 0 Å². The van der Waals surface area contributed by atoms with E-state index in [1.54, 1.807) is 7.11 Å². The largest absolute Gasteiger partial charge is 0.497 e. The molecule has 104 valence electrons. The normalized spacial score (nSPS) is 16.9. The standard InChI is InChI=1S/C19H16O2/c1-20-16-8-9-17(18(11-16)19-12-21-19)15-7-6-13-4-2-3-5-14(13)10-15/h2-11,19H,12H2,1H3. The SMILES string of the molecule is COc1ccc(-c2ccc3ccccc3c2)c(C2CO2)c1. The highest BCUT2D eigenvalue weighted by atomic mass is 16.6. The van der Waals surface area contributed by atoms with Crippen LogP contribution in [-0.4, -0.2) is 13.7 Å². The molecule has 3 aromatic carbocycles. The quantitative estimate of drug-likeness (QED) is 0.653. The summed E-state index contributed by atoms with van der Waals surface area (Å²) in [6, 6.07) is 21.2. The molecule has 1 aliphatic rings. The maximum atomic E-state index is 5.49. The van der Waals surface area contributed by atoms with Gasteiger partial charge >= 0.3 is 0 Å². The lowest BCUT2D eigenvalue weighted by Crippen LogP contribution is -1.91. The molecule has 1 atom stereocenters. The lowest BCUT2D eigenvalue weighted by atomic mass is 9.95. The third-order valence-corrected chi connectivity index (χ3v) is 4.00. The monoisotopic (exact) mass is 276 g/mol. The Hall–Kier alpha value is -2.32. The highest BCUT2D eigenvalue weighted by molar-refractivity contribution is 5.88. The molecule has 0 radical (unpaired) electrons. The lowest BCUT2D eigenvalue weighted by Gasteiger charge is -2.11. The van der Waals surface area contributed by atoms with E-state index in [4.69, 9.17) is 9.47 Å². The Morgan fingerprint density at radius 2 is 1.76 bits per heavy atom. The average Bonchev–Trinajstić information content (AvgIpc) is 3.38. The van der Waals surface area contributed by atoms with Gasteiger partial charge in [0, 0.05) is 0 Å². The maximum absolute atomic E-state index is 5.49. The Bertz CT molecular complexity index is 804. The molecule has 4 rings (SSSR count). The van der Waals surface area contributed by atoms with Gasteiger partial charge in [-0.25, -0.2) is 0 Å². The zero-order valence-corrected chi connectivity index (χ0v) is 11.9. The Morgan fingerprint density at radius 3 is 2.52 bits per heavy atom. The summed E-state index contributed by atoms with van der Waals surface area (Å²) < 4.78 is 10.8. The molecule has 1 heterocycles. The number of epoxide rings is 1. The van der Waals surface area contributed by atoms with Crippen LogP contribution in [0.15, 0.2) is 60.7 Å². The molecule has 0 N–H and O–H groups in total. The van der Waals surface area contributed by atoms with Gasteiger partial charge < -0.3 is 9.47 Å². The fourth-order valence-electron chi connectivity index (χ4n) is 2.78. The predicted molar refractivity (Wildman–Crippen MR) is 84.6 cm³/mol. The minimum Gasteiger partial charge on any atom is -0.497 e. The van der Waals surface area contributed by atoms with Crippen molar-refractivity contribution in [3.05, 3.63) is 66.2 Å². The van der Waals surface area contributed by atoms with Gasteiger partial charge in [0.25, 0.3) is 0 Å². The van der Waals surface area contributed by atoms with E-state index in [-0.39, 0.29) is 6.10 Å². The van der Waals surface area contributed by atoms with E-state index in [0.29, 0.717) is 0 Å². The van der Waals surface area contributed by atoms with Gasteiger partial charge in [-0.3, -0.25) is 0 Å². The number of methoxy groups -OCH3 is 1. The zero-order chi connectivity index (χ0) is 14.2. The molecule has 1 saturated heterocycles. The first-order chi connectivity index (χ1) is 10.3. The molecule has 0 bridgehead atoms. The van der Waals surface area contributed by atoms with Crippen LogP contribution < -0.4 is 4.74 Å². The molecule has 2 heteroatoms. The molecule has 0 aromatic heterocycles. The number of hydrogen-bond acceptors (Lipinski definition) is 2. The molecule has 2 nitrogen and oxygen atoms in total. The molecule has 0 aliphatic carbocycles. The summed E-state index contributed by atoms with van der Waals surface area (Å²) in [5, 5.41) is 2.52. The highest BCUT2D eigenvalue weighted by Gasteiger charge is 2.28. The fourth-order valence-corrected chi connectivity index (χ4v) is 2.78. The fraction of sp³-hybridized carbons (Fsp3) is 0.158. The molecule has 0 spiro atoms. The van der Waals surface area contributed by atoms with E-state index in [2.05, 4.69) is 54.6 Å².